The molecule has 0 heterocycles. The van der Waals surface area contributed by atoms with Crippen LogP contribution in [0.2, 0.25) is 0 Å². The minimum absolute atomic E-state index is 0.999. The summed E-state index contributed by atoms with van der Waals surface area (Å²) in [6.45, 7) is 0. The third kappa shape index (κ3) is 2.89. The van der Waals surface area contributed by atoms with Gasteiger partial charge in [-0.25, -0.2) is 0 Å². The molecule has 1 radical (unpaired) electrons. The standard InChI is InChI=1S/C20H19BrP/c21-16-17-22(18-10-4-1-5-11-18,19-12-6-2-7-13-19)20-14-8-3-9-15-20/h1-15H,16-17H2. The van der Waals surface area contributed by atoms with E-state index in [4.69, 9.17) is 0 Å². The molecule has 0 N–H and O–H groups in total. The first-order valence-electron chi connectivity index (χ1n) is 7.49. The van der Waals surface area contributed by atoms with E-state index in [9.17, 15) is 0 Å². The van der Waals surface area contributed by atoms with E-state index in [1.54, 1.807) is 0 Å². The molecule has 0 saturated heterocycles. The minimum Gasteiger partial charge on any atom is -0.0924 e. The molecule has 0 aliphatic carbocycles. The highest BCUT2D eigenvalue weighted by molar-refractivity contribution is 9.09. The summed E-state index contributed by atoms with van der Waals surface area (Å²) in [6, 6.07) is 33.0. The van der Waals surface area contributed by atoms with E-state index in [-0.39, 0.29) is 0 Å². The summed E-state index contributed by atoms with van der Waals surface area (Å²) in [6.07, 6.45) is 1.13. The number of benzene rings is 3. The first-order valence-corrected chi connectivity index (χ1v) is 10.6. The zero-order valence-corrected chi connectivity index (χ0v) is 14.9. The van der Waals surface area contributed by atoms with Gasteiger partial charge in [-0.2, -0.15) is 0 Å². The molecule has 22 heavy (non-hydrogen) atoms. The van der Waals surface area contributed by atoms with E-state index in [1.165, 1.54) is 15.9 Å². The molecule has 3 aromatic carbocycles. The van der Waals surface area contributed by atoms with Gasteiger partial charge < -0.3 is 0 Å². The Morgan fingerprint density at radius 1 is 0.545 bits per heavy atom. The van der Waals surface area contributed by atoms with Crippen LogP contribution in [0.25, 0.3) is 0 Å². The monoisotopic (exact) mass is 369 g/mol. The Morgan fingerprint density at radius 2 is 0.864 bits per heavy atom. The second-order valence-corrected chi connectivity index (χ2v) is 9.64. The fourth-order valence-corrected chi connectivity index (χ4v) is 8.57. The van der Waals surface area contributed by atoms with Gasteiger partial charge in [0.2, 0.25) is 0 Å². The first-order chi connectivity index (χ1) is 10.9. The van der Waals surface area contributed by atoms with Gasteiger partial charge in [0.15, 0.2) is 0 Å². The molecule has 0 saturated carbocycles. The maximum absolute atomic E-state index is 3.70. The molecule has 0 aliphatic heterocycles. The average Bonchev–Trinajstić information content (AvgIpc) is 2.62. The van der Waals surface area contributed by atoms with Crippen LogP contribution in [0.3, 0.4) is 0 Å². The van der Waals surface area contributed by atoms with Crippen LogP contribution in [0.15, 0.2) is 91.0 Å². The molecule has 0 fully saturated rings. The van der Waals surface area contributed by atoms with E-state index in [0.717, 1.165) is 11.5 Å². The van der Waals surface area contributed by atoms with E-state index >= 15 is 0 Å². The summed E-state index contributed by atoms with van der Waals surface area (Å²) in [5, 5.41) is 5.35. The molecule has 0 bridgehead atoms. The van der Waals surface area contributed by atoms with Crippen molar-refractivity contribution >= 4 is 39.1 Å². The van der Waals surface area contributed by atoms with Crippen LogP contribution in [0.5, 0.6) is 0 Å². The number of hydrogen-bond donors (Lipinski definition) is 0. The average molecular weight is 370 g/mol. The molecule has 0 atom stereocenters. The Bertz CT molecular complexity index is 599. The maximum atomic E-state index is 3.70. The third-order valence-electron chi connectivity index (χ3n) is 4.01. The third-order valence-corrected chi connectivity index (χ3v) is 9.45. The predicted molar refractivity (Wildman–Crippen MR) is 104 cm³/mol. The van der Waals surface area contributed by atoms with Crippen molar-refractivity contribution in [2.75, 3.05) is 11.5 Å². The molecule has 111 valence electrons. The molecular formula is C20H19BrP. The summed E-state index contributed by atoms with van der Waals surface area (Å²) in [4.78, 5) is 0. The van der Waals surface area contributed by atoms with E-state index in [1.807, 2.05) is 0 Å². The highest BCUT2D eigenvalue weighted by atomic mass is 79.9. The molecule has 0 unspecified atom stereocenters. The predicted octanol–water partition coefficient (Wildman–Crippen LogP) is 4.38. The Labute approximate surface area is 141 Å². The van der Waals surface area contributed by atoms with E-state index < -0.39 is 7.26 Å². The molecule has 3 rings (SSSR count). The Balaban J connectivity index is 2.29. The van der Waals surface area contributed by atoms with E-state index in [2.05, 4.69) is 107 Å². The topological polar surface area (TPSA) is 0 Å². The van der Waals surface area contributed by atoms with Crippen LogP contribution in [-0.4, -0.2) is 11.5 Å². The van der Waals surface area contributed by atoms with Gasteiger partial charge in [-0.3, -0.25) is 0 Å². The van der Waals surface area contributed by atoms with Crippen LogP contribution >= 0.6 is 23.2 Å². The highest BCUT2D eigenvalue weighted by Gasteiger charge is 2.32. The van der Waals surface area contributed by atoms with Crippen LogP contribution in [0.1, 0.15) is 0 Å². The largest absolute Gasteiger partial charge is 0.0924 e. The van der Waals surface area contributed by atoms with Gasteiger partial charge in [0.05, 0.1) is 0 Å². The Hall–Kier alpha value is -1.43. The fourth-order valence-electron chi connectivity index (χ4n) is 3.01. The lowest BCUT2D eigenvalue weighted by atomic mass is 10.4. The molecule has 0 amide bonds. The summed E-state index contributed by atoms with van der Waals surface area (Å²) < 4.78 is 0. The van der Waals surface area contributed by atoms with Gasteiger partial charge in [-0.15, -0.1) is 0 Å². The second-order valence-electron chi connectivity index (χ2n) is 5.23. The zero-order valence-electron chi connectivity index (χ0n) is 12.4. The number of hydrogen-bond acceptors (Lipinski definition) is 0. The van der Waals surface area contributed by atoms with Crippen molar-refractivity contribution in [3.05, 3.63) is 91.0 Å². The molecule has 0 spiro atoms. The van der Waals surface area contributed by atoms with Crippen molar-refractivity contribution in [3.63, 3.8) is 0 Å². The second kappa shape index (κ2) is 7.22. The molecule has 2 heteroatoms. The molecule has 3 aromatic rings. The lowest BCUT2D eigenvalue weighted by Crippen LogP contribution is -2.33. The number of rotatable bonds is 5. The summed E-state index contributed by atoms with van der Waals surface area (Å²) in [5.74, 6) is 0. The van der Waals surface area contributed by atoms with Gasteiger partial charge in [-0.05, 0) is 29.3 Å². The molecule has 0 nitrogen and oxygen atoms in total. The molecular weight excluding hydrogens is 351 g/mol. The van der Waals surface area contributed by atoms with Gasteiger partial charge in [0.1, 0.15) is 0 Å². The van der Waals surface area contributed by atoms with Crippen LogP contribution in [0.4, 0.5) is 0 Å². The Kier molecular flexibility index (Phi) is 5.08. The quantitative estimate of drug-likeness (QED) is 0.462. The van der Waals surface area contributed by atoms with E-state index in [0.29, 0.717) is 0 Å². The molecule has 0 aromatic heterocycles. The first kappa shape index (κ1) is 15.5. The van der Waals surface area contributed by atoms with Gasteiger partial charge in [-0.1, -0.05) is 107 Å². The van der Waals surface area contributed by atoms with Crippen molar-refractivity contribution in [1.29, 1.82) is 0 Å². The van der Waals surface area contributed by atoms with Crippen molar-refractivity contribution in [1.82, 2.24) is 0 Å². The maximum Gasteiger partial charge on any atom is 0.00764 e. The van der Waals surface area contributed by atoms with Crippen molar-refractivity contribution in [2.45, 2.75) is 0 Å². The van der Waals surface area contributed by atoms with Gasteiger partial charge in [0, 0.05) is 5.33 Å². The minimum atomic E-state index is -1.60. The highest BCUT2D eigenvalue weighted by Crippen LogP contribution is 2.55. The molecule has 0 aliphatic rings. The summed E-state index contributed by atoms with van der Waals surface area (Å²) >= 11 is 3.70. The summed E-state index contributed by atoms with van der Waals surface area (Å²) in [5.41, 5.74) is 0. The zero-order chi connectivity index (χ0) is 15.3. The van der Waals surface area contributed by atoms with Crippen LogP contribution in [0, 0.1) is 0 Å². The van der Waals surface area contributed by atoms with Crippen molar-refractivity contribution in [2.24, 2.45) is 0 Å². The van der Waals surface area contributed by atoms with Gasteiger partial charge >= 0.3 is 0 Å². The smallest absolute Gasteiger partial charge is 0.00764 e. The van der Waals surface area contributed by atoms with Crippen molar-refractivity contribution < 1.29 is 0 Å². The lowest BCUT2D eigenvalue weighted by molar-refractivity contribution is 1.53. The SMILES string of the molecule is BrCC[P](c1ccccc1)(c1ccccc1)c1ccccc1. The normalized spacial score (nSPS) is 11.3. The van der Waals surface area contributed by atoms with Gasteiger partial charge in [0.25, 0.3) is 0 Å². The fraction of sp³-hybridized carbons (Fsp3) is 0.100. The van der Waals surface area contributed by atoms with Crippen LogP contribution in [-0.2, 0) is 0 Å². The summed E-state index contributed by atoms with van der Waals surface area (Å²) in [7, 11) is -1.60. The Morgan fingerprint density at radius 3 is 1.14 bits per heavy atom. The number of alkyl halides is 1. The van der Waals surface area contributed by atoms with Crippen LogP contribution < -0.4 is 15.9 Å². The van der Waals surface area contributed by atoms with Crippen molar-refractivity contribution in [3.8, 4) is 0 Å². The lowest BCUT2D eigenvalue weighted by Gasteiger charge is -2.38. The number of halogens is 1.